The Labute approximate surface area is 181 Å². The molecule has 29 heavy (non-hydrogen) atoms. The predicted octanol–water partition coefficient (Wildman–Crippen LogP) is 5.45. The Morgan fingerprint density at radius 3 is 2.52 bits per heavy atom. The summed E-state index contributed by atoms with van der Waals surface area (Å²) < 4.78 is 38.0. The van der Waals surface area contributed by atoms with Crippen molar-refractivity contribution in [3.05, 3.63) is 63.7 Å². The molecule has 3 aromatic rings. The van der Waals surface area contributed by atoms with Gasteiger partial charge in [-0.15, -0.1) is 11.3 Å². The molecule has 1 amide bonds. The molecule has 0 aliphatic rings. The number of carbonyl (C=O) groups excluding carboxylic acids is 1. The summed E-state index contributed by atoms with van der Waals surface area (Å²) in [6, 6.07) is 10.3. The van der Waals surface area contributed by atoms with E-state index >= 15 is 0 Å². The molecule has 10 heteroatoms. The summed E-state index contributed by atoms with van der Waals surface area (Å²) in [4.78, 5) is 16.4. The molecule has 1 aromatic heterocycles. The molecule has 3 rings (SSSR count). The number of rotatable bonds is 5. The number of carbonyl (C=O) groups is 1. The van der Waals surface area contributed by atoms with Gasteiger partial charge < -0.3 is 5.32 Å². The number of sulfone groups is 1. The van der Waals surface area contributed by atoms with Gasteiger partial charge in [-0.05, 0) is 38.1 Å². The van der Waals surface area contributed by atoms with Gasteiger partial charge in [0.05, 0.1) is 5.69 Å². The number of anilines is 1. The quantitative estimate of drug-likeness (QED) is 0.535. The number of nitrogens with one attached hydrogen (secondary N) is 1. The van der Waals surface area contributed by atoms with Gasteiger partial charge in [-0.2, -0.15) is 0 Å². The first kappa shape index (κ1) is 21.7. The van der Waals surface area contributed by atoms with Crippen LogP contribution in [-0.2, 0) is 14.6 Å². The van der Waals surface area contributed by atoms with Gasteiger partial charge in [0.2, 0.25) is 5.91 Å². The van der Waals surface area contributed by atoms with Crippen LogP contribution in [0, 0.1) is 5.82 Å². The molecule has 0 bridgehead atoms. The molecule has 5 nitrogen and oxygen atoms in total. The zero-order chi connectivity index (χ0) is 21.4. The minimum atomic E-state index is -4.35. The fourth-order valence-electron chi connectivity index (χ4n) is 2.46. The third-order valence-corrected chi connectivity index (χ3v) is 8.04. The highest BCUT2D eigenvalue weighted by atomic mass is 35.5. The number of amides is 1. The zero-order valence-electron chi connectivity index (χ0n) is 15.2. The maximum absolute atomic E-state index is 14.2. The summed E-state index contributed by atoms with van der Waals surface area (Å²) in [5, 5.41) is 4.94. The summed E-state index contributed by atoms with van der Waals surface area (Å²) in [5.74, 6) is -1.86. The van der Waals surface area contributed by atoms with E-state index in [1.54, 1.807) is 29.6 Å². The highest BCUT2D eigenvalue weighted by molar-refractivity contribution is 7.93. The van der Waals surface area contributed by atoms with E-state index < -0.39 is 31.2 Å². The molecule has 0 aliphatic carbocycles. The van der Waals surface area contributed by atoms with Gasteiger partial charge in [-0.1, -0.05) is 41.4 Å². The van der Waals surface area contributed by atoms with E-state index in [4.69, 9.17) is 23.2 Å². The van der Waals surface area contributed by atoms with Crippen LogP contribution in [0.15, 0.2) is 52.7 Å². The minimum Gasteiger partial charge on any atom is -0.301 e. The van der Waals surface area contributed by atoms with Crippen molar-refractivity contribution in [2.45, 2.75) is 23.5 Å². The maximum atomic E-state index is 14.2. The highest BCUT2D eigenvalue weighted by Crippen LogP contribution is 2.33. The van der Waals surface area contributed by atoms with E-state index in [2.05, 4.69) is 10.3 Å². The number of hydrogen-bond donors (Lipinski definition) is 1. The van der Waals surface area contributed by atoms with Crippen LogP contribution in [0.25, 0.3) is 11.3 Å². The number of nitrogens with zero attached hydrogens (tertiary/aromatic N) is 1. The molecule has 1 heterocycles. The van der Waals surface area contributed by atoms with Crippen LogP contribution < -0.4 is 5.32 Å². The molecular weight excluding hydrogens is 458 g/mol. The van der Waals surface area contributed by atoms with Gasteiger partial charge in [-0.25, -0.2) is 17.8 Å². The lowest BCUT2D eigenvalue weighted by atomic mass is 10.2. The lowest BCUT2D eigenvalue weighted by molar-refractivity contribution is -0.117. The van der Waals surface area contributed by atoms with Crippen molar-refractivity contribution in [3.63, 3.8) is 0 Å². The first-order chi connectivity index (χ1) is 13.5. The largest absolute Gasteiger partial charge is 0.301 e. The molecule has 0 fully saturated rings. The normalized spacial score (nSPS) is 12.0. The Bertz CT molecular complexity index is 1190. The predicted molar refractivity (Wildman–Crippen MR) is 114 cm³/mol. The van der Waals surface area contributed by atoms with Gasteiger partial charge in [-0.3, -0.25) is 4.79 Å². The third kappa shape index (κ3) is 4.16. The van der Waals surface area contributed by atoms with E-state index in [0.29, 0.717) is 16.3 Å². The molecular formula is C19H15Cl2FN2O3S2. The minimum absolute atomic E-state index is 0.0543. The number of aromatic nitrogens is 1. The van der Waals surface area contributed by atoms with Gasteiger partial charge >= 0.3 is 0 Å². The number of halogens is 3. The number of benzene rings is 2. The van der Waals surface area contributed by atoms with Crippen LogP contribution in [-0.4, -0.2) is 24.1 Å². The van der Waals surface area contributed by atoms with E-state index in [0.717, 1.165) is 23.5 Å². The fourth-order valence-corrected chi connectivity index (χ4v) is 4.97. The standard InChI is InChI=1S/C19H15Cl2FN2O3S2/c1-19(2,29(26,27)16-8-7-11(20)9-14(16)22)17(25)24-18-23-15(10-28-18)12-5-3-4-6-13(12)21/h3-10H,1-2H3,(H,23,24,25). The highest BCUT2D eigenvalue weighted by Gasteiger charge is 2.44. The van der Waals surface area contributed by atoms with E-state index in [-0.39, 0.29) is 10.2 Å². The molecule has 1 N–H and O–H groups in total. The number of thiazole rings is 1. The van der Waals surface area contributed by atoms with Gasteiger partial charge in [0.25, 0.3) is 0 Å². The van der Waals surface area contributed by atoms with Gasteiger partial charge in [0.15, 0.2) is 15.0 Å². The van der Waals surface area contributed by atoms with Crippen LogP contribution in [0.5, 0.6) is 0 Å². The molecule has 0 atom stereocenters. The van der Waals surface area contributed by atoms with Gasteiger partial charge in [0.1, 0.15) is 15.5 Å². The first-order valence-electron chi connectivity index (χ1n) is 8.25. The lowest BCUT2D eigenvalue weighted by Crippen LogP contribution is -2.44. The van der Waals surface area contributed by atoms with Gasteiger partial charge in [0, 0.05) is 21.0 Å². The summed E-state index contributed by atoms with van der Waals surface area (Å²) in [6.07, 6.45) is 0. The third-order valence-electron chi connectivity index (χ3n) is 4.28. The molecule has 152 valence electrons. The van der Waals surface area contributed by atoms with E-state index in [1.807, 2.05) is 0 Å². The van der Waals surface area contributed by atoms with Crippen LogP contribution in [0.3, 0.4) is 0 Å². The Kier molecular flexibility index (Phi) is 6.01. The SMILES string of the molecule is CC(C)(C(=O)Nc1nc(-c2ccccc2Cl)cs1)S(=O)(=O)c1ccc(Cl)cc1F. The molecule has 0 saturated heterocycles. The van der Waals surface area contributed by atoms with Crippen molar-refractivity contribution in [2.24, 2.45) is 0 Å². The van der Waals surface area contributed by atoms with Crippen molar-refractivity contribution >= 4 is 55.4 Å². The summed E-state index contributed by atoms with van der Waals surface area (Å²) in [7, 11) is -4.35. The molecule has 0 saturated carbocycles. The topological polar surface area (TPSA) is 76.1 Å². The monoisotopic (exact) mass is 472 g/mol. The summed E-state index contributed by atoms with van der Waals surface area (Å²) >= 11 is 13.0. The molecule has 2 aromatic carbocycles. The van der Waals surface area contributed by atoms with Crippen LogP contribution in [0.4, 0.5) is 9.52 Å². The second-order valence-corrected chi connectivity index (χ2v) is 10.7. The van der Waals surface area contributed by atoms with Crippen molar-refractivity contribution in [3.8, 4) is 11.3 Å². The van der Waals surface area contributed by atoms with Crippen molar-refractivity contribution in [1.29, 1.82) is 0 Å². The molecule has 0 spiro atoms. The maximum Gasteiger partial charge on any atom is 0.247 e. The zero-order valence-corrected chi connectivity index (χ0v) is 18.4. The fraction of sp³-hybridized carbons (Fsp3) is 0.158. The number of hydrogen-bond acceptors (Lipinski definition) is 5. The Morgan fingerprint density at radius 1 is 1.17 bits per heavy atom. The average Bonchev–Trinajstić information content (AvgIpc) is 3.09. The Balaban J connectivity index is 1.87. The van der Waals surface area contributed by atoms with E-state index in [1.165, 1.54) is 19.9 Å². The molecule has 0 aliphatic heterocycles. The van der Waals surface area contributed by atoms with Crippen molar-refractivity contribution < 1.29 is 17.6 Å². The lowest BCUT2D eigenvalue weighted by Gasteiger charge is -2.23. The second kappa shape index (κ2) is 8.02. The Morgan fingerprint density at radius 2 is 1.86 bits per heavy atom. The van der Waals surface area contributed by atoms with Crippen LogP contribution >= 0.6 is 34.5 Å². The van der Waals surface area contributed by atoms with Crippen LogP contribution in [0.2, 0.25) is 10.0 Å². The summed E-state index contributed by atoms with van der Waals surface area (Å²) in [5.41, 5.74) is 1.22. The molecule has 0 radical (unpaired) electrons. The van der Waals surface area contributed by atoms with E-state index in [9.17, 15) is 17.6 Å². The Hall–Kier alpha value is -2.00. The van der Waals surface area contributed by atoms with Crippen molar-refractivity contribution in [1.82, 2.24) is 4.98 Å². The van der Waals surface area contributed by atoms with Crippen LogP contribution in [0.1, 0.15) is 13.8 Å². The second-order valence-electron chi connectivity index (χ2n) is 6.56. The summed E-state index contributed by atoms with van der Waals surface area (Å²) in [6.45, 7) is 2.41. The first-order valence-corrected chi connectivity index (χ1v) is 11.4. The van der Waals surface area contributed by atoms with Crippen molar-refractivity contribution in [2.75, 3.05) is 5.32 Å². The smallest absolute Gasteiger partial charge is 0.247 e. The average molecular weight is 473 g/mol. The molecule has 0 unspecified atom stereocenters.